The fourth-order valence-electron chi connectivity index (χ4n) is 1.94. The summed E-state index contributed by atoms with van der Waals surface area (Å²) in [5.41, 5.74) is 6.30. The van der Waals surface area contributed by atoms with Gasteiger partial charge in [0, 0.05) is 25.7 Å². The van der Waals surface area contributed by atoms with Gasteiger partial charge in [0.1, 0.15) is 0 Å². The summed E-state index contributed by atoms with van der Waals surface area (Å²) < 4.78 is 4.96. The summed E-state index contributed by atoms with van der Waals surface area (Å²) >= 11 is 0. The third-order valence-electron chi connectivity index (χ3n) is 2.81. The van der Waals surface area contributed by atoms with Crippen molar-refractivity contribution in [3.8, 4) is 0 Å². The molecule has 0 bridgehead atoms. The Balaban J connectivity index is 2.10. The fraction of sp³-hybridized carbons (Fsp3) is 1.00. The Kier molecular flexibility index (Phi) is 4.70. The van der Waals surface area contributed by atoms with Crippen LogP contribution in [0.5, 0.6) is 0 Å². The molecule has 1 aliphatic carbocycles. The normalized spacial score (nSPS) is 21.7. The molecule has 0 aromatic heterocycles. The molecule has 0 radical (unpaired) electrons. The molecular weight excluding hydrogens is 164 g/mol. The van der Waals surface area contributed by atoms with Gasteiger partial charge in [0.15, 0.2) is 0 Å². The fourth-order valence-corrected chi connectivity index (χ4v) is 1.94. The quantitative estimate of drug-likeness (QED) is 0.627. The molecule has 1 rings (SSSR count). The van der Waals surface area contributed by atoms with Crippen LogP contribution in [0.1, 0.15) is 32.1 Å². The van der Waals surface area contributed by atoms with Crippen LogP contribution in [0.2, 0.25) is 0 Å². The predicted molar refractivity (Wildman–Crippen MR) is 54.7 cm³/mol. The van der Waals surface area contributed by atoms with Crippen LogP contribution < -0.4 is 11.1 Å². The number of nitrogens with one attached hydrogen (secondary N) is 1. The highest BCUT2D eigenvalue weighted by Crippen LogP contribution is 2.24. The van der Waals surface area contributed by atoms with Crippen LogP contribution >= 0.6 is 0 Å². The molecule has 0 unspecified atom stereocenters. The molecule has 0 atom stereocenters. The first-order valence-corrected chi connectivity index (χ1v) is 5.25. The zero-order chi connectivity index (χ0) is 9.57. The lowest BCUT2D eigenvalue weighted by molar-refractivity contribution is 0.193. The van der Waals surface area contributed by atoms with Gasteiger partial charge >= 0.3 is 0 Å². The molecule has 0 saturated heterocycles. The summed E-state index contributed by atoms with van der Waals surface area (Å²) in [6.07, 6.45) is 6.29. The lowest BCUT2D eigenvalue weighted by Gasteiger charge is -2.33. The van der Waals surface area contributed by atoms with E-state index >= 15 is 0 Å². The molecule has 0 heterocycles. The van der Waals surface area contributed by atoms with E-state index in [-0.39, 0.29) is 5.54 Å². The Morgan fingerprint density at radius 1 is 1.31 bits per heavy atom. The molecule has 3 heteroatoms. The van der Waals surface area contributed by atoms with Crippen molar-refractivity contribution in [1.82, 2.24) is 5.32 Å². The second-order valence-corrected chi connectivity index (χ2v) is 4.09. The van der Waals surface area contributed by atoms with Crippen molar-refractivity contribution >= 4 is 0 Å². The highest BCUT2D eigenvalue weighted by molar-refractivity contribution is 4.89. The third kappa shape index (κ3) is 4.07. The van der Waals surface area contributed by atoms with Gasteiger partial charge in [-0.05, 0) is 12.8 Å². The van der Waals surface area contributed by atoms with E-state index in [0.29, 0.717) is 0 Å². The molecule has 13 heavy (non-hydrogen) atoms. The van der Waals surface area contributed by atoms with Crippen molar-refractivity contribution in [2.24, 2.45) is 5.73 Å². The topological polar surface area (TPSA) is 47.3 Å². The Hall–Kier alpha value is -0.120. The maximum Gasteiger partial charge on any atom is 0.0587 e. The predicted octanol–water partition coefficient (Wildman–Crippen LogP) is 0.884. The second kappa shape index (κ2) is 5.58. The molecule has 0 aromatic rings. The molecule has 0 aromatic carbocycles. The largest absolute Gasteiger partial charge is 0.383 e. The minimum atomic E-state index is 0.0615. The number of ether oxygens (including phenoxy) is 1. The smallest absolute Gasteiger partial charge is 0.0587 e. The first-order valence-electron chi connectivity index (χ1n) is 5.25. The summed E-state index contributed by atoms with van der Waals surface area (Å²) in [6, 6.07) is 0. The first-order chi connectivity index (χ1) is 6.27. The summed E-state index contributed by atoms with van der Waals surface area (Å²) in [6.45, 7) is 2.63. The van der Waals surface area contributed by atoms with Gasteiger partial charge in [-0.3, -0.25) is 0 Å². The average molecular weight is 186 g/mol. The van der Waals surface area contributed by atoms with E-state index < -0.39 is 0 Å². The third-order valence-corrected chi connectivity index (χ3v) is 2.81. The zero-order valence-electron chi connectivity index (χ0n) is 8.64. The monoisotopic (exact) mass is 186 g/mol. The number of nitrogens with two attached hydrogens (primary N) is 1. The Labute approximate surface area is 81.0 Å². The lowest BCUT2D eigenvalue weighted by atomic mass is 9.82. The van der Waals surface area contributed by atoms with E-state index in [0.717, 1.165) is 19.7 Å². The summed E-state index contributed by atoms with van der Waals surface area (Å²) in [5, 5.41) is 3.35. The maximum atomic E-state index is 6.24. The van der Waals surface area contributed by atoms with Crippen LogP contribution in [-0.4, -0.2) is 32.3 Å². The summed E-state index contributed by atoms with van der Waals surface area (Å²) in [4.78, 5) is 0. The minimum Gasteiger partial charge on any atom is -0.383 e. The highest BCUT2D eigenvalue weighted by Gasteiger charge is 2.26. The van der Waals surface area contributed by atoms with Gasteiger partial charge in [0.2, 0.25) is 0 Å². The van der Waals surface area contributed by atoms with Crippen LogP contribution in [-0.2, 0) is 4.74 Å². The molecule has 0 spiro atoms. The molecule has 3 N–H and O–H groups in total. The van der Waals surface area contributed by atoms with Crippen molar-refractivity contribution < 1.29 is 4.74 Å². The van der Waals surface area contributed by atoms with E-state index in [2.05, 4.69) is 5.32 Å². The molecule has 78 valence electrons. The van der Waals surface area contributed by atoms with E-state index in [4.69, 9.17) is 10.5 Å². The van der Waals surface area contributed by atoms with Crippen LogP contribution in [0.4, 0.5) is 0 Å². The number of rotatable bonds is 5. The van der Waals surface area contributed by atoms with Gasteiger partial charge in [-0.15, -0.1) is 0 Å². The first kappa shape index (κ1) is 11.0. The average Bonchev–Trinajstić information content (AvgIpc) is 2.14. The van der Waals surface area contributed by atoms with Crippen molar-refractivity contribution in [2.45, 2.75) is 37.6 Å². The SMILES string of the molecule is COCCNCC1(N)CCCCC1. The lowest BCUT2D eigenvalue weighted by Crippen LogP contribution is -2.50. The molecule has 3 nitrogen and oxygen atoms in total. The van der Waals surface area contributed by atoms with Gasteiger partial charge in [-0.25, -0.2) is 0 Å². The van der Waals surface area contributed by atoms with E-state index in [1.807, 2.05) is 0 Å². The molecule has 1 aliphatic rings. The van der Waals surface area contributed by atoms with Crippen LogP contribution in [0, 0.1) is 0 Å². The van der Waals surface area contributed by atoms with Crippen molar-refractivity contribution in [3.63, 3.8) is 0 Å². The van der Waals surface area contributed by atoms with Crippen LogP contribution in [0.25, 0.3) is 0 Å². The van der Waals surface area contributed by atoms with Crippen molar-refractivity contribution in [1.29, 1.82) is 0 Å². The van der Waals surface area contributed by atoms with Gasteiger partial charge in [-0.1, -0.05) is 19.3 Å². The van der Waals surface area contributed by atoms with Crippen molar-refractivity contribution in [2.75, 3.05) is 26.8 Å². The van der Waals surface area contributed by atoms with Crippen LogP contribution in [0.15, 0.2) is 0 Å². The number of methoxy groups -OCH3 is 1. The summed E-state index contributed by atoms with van der Waals surface area (Å²) in [7, 11) is 1.72. The zero-order valence-corrected chi connectivity index (χ0v) is 8.64. The second-order valence-electron chi connectivity index (χ2n) is 4.09. The van der Waals surface area contributed by atoms with Gasteiger partial charge in [0.05, 0.1) is 6.61 Å². The van der Waals surface area contributed by atoms with Gasteiger partial charge < -0.3 is 15.8 Å². The molecular formula is C10H22N2O. The van der Waals surface area contributed by atoms with E-state index in [9.17, 15) is 0 Å². The van der Waals surface area contributed by atoms with Crippen molar-refractivity contribution in [3.05, 3.63) is 0 Å². The number of hydrogen-bond acceptors (Lipinski definition) is 3. The molecule has 1 fully saturated rings. The van der Waals surface area contributed by atoms with Gasteiger partial charge in [-0.2, -0.15) is 0 Å². The van der Waals surface area contributed by atoms with Gasteiger partial charge in [0.25, 0.3) is 0 Å². The Morgan fingerprint density at radius 3 is 2.62 bits per heavy atom. The molecule has 0 amide bonds. The maximum absolute atomic E-state index is 6.24. The Morgan fingerprint density at radius 2 is 2.00 bits per heavy atom. The Bertz CT molecular complexity index is 133. The van der Waals surface area contributed by atoms with E-state index in [1.54, 1.807) is 7.11 Å². The molecule has 0 aliphatic heterocycles. The standard InChI is InChI=1S/C10H22N2O/c1-13-8-7-12-9-10(11)5-3-2-4-6-10/h12H,2-9,11H2,1H3. The van der Waals surface area contributed by atoms with E-state index in [1.165, 1.54) is 32.1 Å². The highest BCUT2D eigenvalue weighted by atomic mass is 16.5. The summed E-state index contributed by atoms with van der Waals surface area (Å²) in [5.74, 6) is 0. The number of hydrogen-bond donors (Lipinski definition) is 2. The van der Waals surface area contributed by atoms with Crippen LogP contribution in [0.3, 0.4) is 0 Å². The minimum absolute atomic E-state index is 0.0615. The molecule has 1 saturated carbocycles.